The summed E-state index contributed by atoms with van der Waals surface area (Å²) in [7, 11) is 1.85. The number of piperazine rings is 1. The van der Waals surface area contributed by atoms with E-state index in [1.165, 1.54) is 56.6 Å². The van der Waals surface area contributed by atoms with Crippen LogP contribution in [0.2, 0.25) is 0 Å². The highest BCUT2D eigenvalue weighted by atomic mass is 15.3. The number of guanidine groups is 1. The zero-order valence-corrected chi connectivity index (χ0v) is 19.4. The Labute approximate surface area is 183 Å². The van der Waals surface area contributed by atoms with Crippen molar-refractivity contribution in [3.63, 3.8) is 0 Å². The van der Waals surface area contributed by atoms with Crippen molar-refractivity contribution in [2.45, 2.75) is 52.2 Å². The number of hydrogen-bond donors (Lipinski definition) is 2. The molecule has 1 atom stereocenters. The van der Waals surface area contributed by atoms with E-state index >= 15 is 0 Å². The molecule has 6 nitrogen and oxygen atoms in total. The van der Waals surface area contributed by atoms with Crippen molar-refractivity contribution >= 4 is 5.96 Å². The van der Waals surface area contributed by atoms with Gasteiger partial charge in [-0.05, 0) is 50.5 Å². The predicted molar refractivity (Wildman–Crippen MR) is 127 cm³/mol. The average molecular weight is 415 g/mol. The molecule has 30 heavy (non-hydrogen) atoms. The summed E-state index contributed by atoms with van der Waals surface area (Å²) in [5, 5.41) is 6.97. The molecule has 168 valence electrons. The number of aliphatic imine (C=N–C) groups is 1. The molecule has 0 bridgehead atoms. The quantitative estimate of drug-likeness (QED) is 0.505. The molecule has 0 aromatic heterocycles. The summed E-state index contributed by atoms with van der Waals surface area (Å²) < 4.78 is 0. The Hall–Kier alpha value is -1.63. The SMILES string of the molecule is CCN1CCN(C(C)CNC(=NC)NCc2ccc(CN3CCCCC3)cc2)CC1. The lowest BCUT2D eigenvalue weighted by molar-refractivity contribution is 0.107. The molecule has 0 radical (unpaired) electrons. The smallest absolute Gasteiger partial charge is 0.191 e. The minimum atomic E-state index is 0.511. The number of hydrogen-bond acceptors (Lipinski definition) is 4. The van der Waals surface area contributed by atoms with E-state index in [9.17, 15) is 0 Å². The van der Waals surface area contributed by atoms with Gasteiger partial charge in [0.1, 0.15) is 0 Å². The molecule has 0 aliphatic carbocycles. The highest BCUT2D eigenvalue weighted by Crippen LogP contribution is 2.13. The molecular weight excluding hydrogens is 372 g/mol. The van der Waals surface area contributed by atoms with Crippen LogP contribution in [0.4, 0.5) is 0 Å². The van der Waals surface area contributed by atoms with E-state index in [0.29, 0.717) is 6.04 Å². The maximum Gasteiger partial charge on any atom is 0.191 e. The van der Waals surface area contributed by atoms with Crippen molar-refractivity contribution in [2.24, 2.45) is 4.99 Å². The lowest BCUT2D eigenvalue weighted by atomic mass is 10.1. The Kier molecular flexibility index (Phi) is 9.43. The van der Waals surface area contributed by atoms with Crippen LogP contribution in [0.5, 0.6) is 0 Å². The topological polar surface area (TPSA) is 46.1 Å². The van der Waals surface area contributed by atoms with Gasteiger partial charge in [0.05, 0.1) is 0 Å². The Bertz CT molecular complexity index is 630. The molecule has 2 aliphatic heterocycles. The fourth-order valence-corrected chi connectivity index (χ4v) is 4.44. The molecule has 2 heterocycles. The normalized spacial score (nSPS) is 20.8. The first-order valence-corrected chi connectivity index (χ1v) is 11.9. The monoisotopic (exact) mass is 414 g/mol. The first kappa shape index (κ1) is 23.0. The Morgan fingerprint density at radius 2 is 1.57 bits per heavy atom. The molecule has 0 amide bonds. The predicted octanol–water partition coefficient (Wildman–Crippen LogP) is 2.36. The van der Waals surface area contributed by atoms with E-state index in [-0.39, 0.29) is 0 Å². The molecule has 0 spiro atoms. The van der Waals surface area contributed by atoms with Gasteiger partial charge in [-0.1, -0.05) is 37.6 Å². The minimum absolute atomic E-state index is 0.511. The second kappa shape index (κ2) is 12.3. The maximum atomic E-state index is 4.40. The number of nitrogens with one attached hydrogen (secondary N) is 2. The van der Waals surface area contributed by atoms with Gasteiger partial charge in [-0.25, -0.2) is 0 Å². The number of likely N-dealkylation sites (N-methyl/N-ethyl adjacent to an activating group) is 1. The van der Waals surface area contributed by atoms with Crippen LogP contribution in [0, 0.1) is 0 Å². The van der Waals surface area contributed by atoms with E-state index < -0.39 is 0 Å². The fraction of sp³-hybridized carbons (Fsp3) is 0.708. The third-order valence-electron chi connectivity index (χ3n) is 6.60. The average Bonchev–Trinajstić information content (AvgIpc) is 2.80. The summed E-state index contributed by atoms with van der Waals surface area (Å²) >= 11 is 0. The molecule has 1 aromatic rings. The van der Waals surface area contributed by atoms with Crippen LogP contribution in [0.3, 0.4) is 0 Å². The van der Waals surface area contributed by atoms with Gasteiger partial charge in [0.15, 0.2) is 5.96 Å². The number of piperidine rings is 1. The molecule has 2 saturated heterocycles. The van der Waals surface area contributed by atoms with Gasteiger partial charge < -0.3 is 15.5 Å². The Balaban J connectivity index is 1.37. The largest absolute Gasteiger partial charge is 0.355 e. The molecule has 1 aromatic carbocycles. The van der Waals surface area contributed by atoms with Crippen molar-refractivity contribution in [3.05, 3.63) is 35.4 Å². The van der Waals surface area contributed by atoms with Crippen molar-refractivity contribution < 1.29 is 0 Å². The number of benzene rings is 1. The summed E-state index contributed by atoms with van der Waals surface area (Å²) in [5.41, 5.74) is 2.71. The standard InChI is InChI=1S/C24H42N6/c1-4-28-14-16-30(17-15-28)21(2)18-26-24(25-3)27-19-22-8-10-23(11-9-22)20-29-12-6-5-7-13-29/h8-11,21H,4-7,12-20H2,1-3H3,(H2,25,26,27). The van der Waals surface area contributed by atoms with Gasteiger partial charge in [-0.2, -0.15) is 0 Å². The van der Waals surface area contributed by atoms with Crippen LogP contribution >= 0.6 is 0 Å². The molecule has 2 N–H and O–H groups in total. The number of nitrogens with zero attached hydrogens (tertiary/aromatic N) is 4. The van der Waals surface area contributed by atoms with Gasteiger partial charge in [-0.3, -0.25) is 14.8 Å². The van der Waals surface area contributed by atoms with Crippen LogP contribution in [-0.2, 0) is 13.1 Å². The highest BCUT2D eigenvalue weighted by molar-refractivity contribution is 5.79. The molecule has 1 unspecified atom stereocenters. The zero-order chi connectivity index (χ0) is 21.2. The van der Waals surface area contributed by atoms with Crippen LogP contribution in [0.1, 0.15) is 44.2 Å². The van der Waals surface area contributed by atoms with E-state index in [1.54, 1.807) is 0 Å². The van der Waals surface area contributed by atoms with Gasteiger partial charge in [0, 0.05) is 58.9 Å². The van der Waals surface area contributed by atoms with Crippen LogP contribution in [-0.4, -0.2) is 86.1 Å². The van der Waals surface area contributed by atoms with Gasteiger partial charge >= 0.3 is 0 Å². The lowest BCUT2D eigenvalue weighted by Crippen LogP contribution is -2.53. The summed E-state index contributed by atoms with van der Waals surface area (Å²) in [6.45, 7) is 15.7. The number of rotatable bonds is 8. The van der Waals surface area contributed by atoms with Crippen LogP contribution in [0.15, 0.2) is 29.3 Å². The van der Waals surface area contributed by atoms with Crippen LogP contribution < -0.4 is 10.6 Å². The minimum Gasteiger partial charge on any atom is -0.355 e. The zero-order valence-electron chi connectivity index (χ0n) is 19.4. The summed E-state index contributed by atoms with van der Waals surface area (Å²) in [6.07, 6.45) is 4.09. The summed E-state index contributed by atoms with van der Waals surface area (Å²) in [6, 6.07) is 9.56. The van der Waals surface area contributed by atoms with E-state index in [2.05, 4.69) is 68.4 Å². The second-order valence-electron chi connectivity index (χ2n) is 8.78. The molecule has 2 fully saturated rings. The summed E-state index contributed by atoms with van der Waals surface area (Å²) in [4.78, 5) is 12.1. The lowest BCUT2D eigenvalue weighted by Gasteiger charge is -2.37. The second-order valence-corrected chi connectivity index (χ2v) is 8.78. The molecule has 0 saturated carbocycles. The molecule has 6 heteroatoms. The van der Waals surface area contributed by atoms with E-state index in [0.717, 1.165) is 45.2 Å². The Morgan fingerprint density at radius 3 is 2.20 bits per heavy atom. The van der Waals surface area contributed by atoms with Gasteiger partial charge in [0.2, 0.25) is 0 Å². The Morgan fingerprint density at radius 1 is 0.900 bits per heavy atom. The molecule has 2 aliphatic rings. The molecule has 3 rings (SSSR count). The third kappa shape index (κ3) is 7.25. The molecular formula is C24H42N6. The van der Waals surface area contributed by atoms with E-state index in [1.807, 2.05) is 7.05 Å². The van der Waals surface area contributed by atoms with Crippen molar-refractivity contribution in [3.8, 4) is 0 Å². The van der Waals surface area contributed by atoms with Crippen molar-refractivity contribution in [1.29, 1.82) is 0 Å². The summed E-state index contributed by atoms with van der Waals surface area (Å²) in [5.74, 6) is 0.881. The third-order valence-corrected chi connectivity index (χ3v) is 6.60. The fourth-order valence-electron chi connectivity index (χ4n) is 4.44. The van der Waals surface area contributed by atoms with Crippen molar-refractivity contribution in [2.75, 3.05) is 59.4 Å². The van der Waals surface area contributed by atoms with Crippen LogP contribution in [0.25, 0.3) is 0 Å². The maximum absolute atomic E-state index is 4.40. The van der Waals surface area contributed by atoms with Gasteiger partial charge in [0.25, 0.3) is 0 Å². The number of likely N-dealkylation sites (tertiary alicyclic amines) is 1. The first-order chi connectivity index (χ1) is 14.7. The van der Waals surface area contributed by atoms with E-state index in [4.69, 9.17) is 0 Å². The van der Waals surface area contributed by atoms with Crippen molar-refractivity contribution in [1.82, 2.24) is 25.3 Å². The highest BCUT2D eigenvalue weighted by Gasteiger charge is 2.20. The van der Waals surface area contributed by atoms with Gasteiger partial charge in [-0.15, -0.1) is 0 Å². The first-order valence-electron chi connectivity index (χ1n) is 11.9.